The predicted molar refractivity (Wildman–Crippen MR) is 75.5 cm³/mol. The maximum atomic E-state index is 12.1. The molecule has 1 heterocycles. The lowest BCUT2D eigenvalue weighted by Crippen LogP contribution is -2.35. The molecule has 0 spiro atoms. The molecule has 94 valence electrons. The molecule has 2 aliphatic rings. The van der Waals surface area contributed by atoms with E-state index in [1.807, 2.05) is 38.1 Å². The molecule has 1 aromatic carbocycles. The molecule has 1 saturated carbocycles. The summed E-state index contributed by atoms with van der Waals surface area (Å²) in [5.41, 5.74) is 0.896. The van der Waals surface area contributed by atoms with Gasteiger partial charge in [0.2, 0.25) is 11.8 Å². The Balaban J connectivity index is 1.78. The molecule has 2 atom stereocenters. The maximum Gasteiger partial charge on any atom is 0.233 e. The summed E-state index contributed by atoms with van der Waals surface area (Å²) in [5, 5.41) is 0. The molecule has 1 aliphatic heterocycles. The van der Waals surface area contributed by atoms with Crippen molar-refractivity contribution < 1.29 is 9.59 Å². The Kier molecular flexibility index (Phi) is 2.56. The van der Waals surface area contributed by atoms with Gasteiger partial charge in [-0.05, 0) is 45.7 Å². The van der Waals surface area contributed by atoms with E-state index in [-0.39, 0.29) is 29.1 Å². The first-order valence-corrected chi connectivity index (χ1v) is 7.10. The Morgan fingerprint density at radius 2 is 1.61 bits per heavy atom. The van der Waals surface area contributed by atoms with Crippen molar-refractivity contribution in [2.24, 2.45) is 17.3 Å². The van der Waals surface area contributed by atoms with E-state index in [0.29, 0.717) is 6.54 Å². The minimum atomic E-state index is -0.114. The largest absolute Gasteiger partial charge is 0.278 e. The van der Waals surface area contributed by atoms with Gasteiger partial charge in [0.25, 0.3) is 0 Å². The molecule has 4 heteroatoms. The van der Waals surface area contributed by atoms with Crippen molar-refractivity contribution >= 4 is 34.4 Å². The summed E-state index contributed by atoms with van der Waals surface area (Å²) in [6.45, 7) is 4.42. The van der Waals surface area contributed by atoms with Crippen molar-refractivity contribution in [1.29, 1.82) is 0 Å². The summed E-state index contributed by atoms with van der Waals surface area (Å²) in [6, 6.07) is 7.92. The van der Waals surface area contributed by atoms with Crippen molar-refractivity contribution in [1.82, 2.24) is 4.90 Å². The highest BCUT2D eigenvalue weighted by Crippen LogP contribution is 2.63. The van der Waals surface area contributed by atoms with Crippen LogP contribution < -0.4 is 0 Å². The van der Waals surface area contributed by atoms with E-state index in [4.69, 9.17) is 0 Å². The van der Waals surface area contributed by atoms with Crippen LogP contribution in [0, 0.1) is 20.8 Å². The third-order valence-electron chi connectivity index (χ3n) is 4.15. The van der Waals surface area contributed by atoms with E-state index >= 15 is 0 Å². The zero-order chi connectivity index (χ0) is 13.1. The summed E-state index contributed by atoms with van der Waals surface area (Å²) in [4.78, 5) is 25.7. The summed E-state index contributed by atoms with van der Waals surface area (Å²) in [6.07, 6.45) is 0. The van der Waals surface area contributed by atoms with E-state index in [9.17, 15) is 9.59 Å². The number of fused-ring (bicyclic) bond motifs is 1. The van der Waals surface area contributed by atoms with Crippen molar-refractivity contribution in [3.8, 4) is 0 Å². The molecule has 18 heavy (non-hydrogen) atoms. The highest BCUT2D eigenvalue weighted by molar-refractivity contribution is 14.1. The second-order valence-corrected chi connectivity index (χ2v) is 6.91. The van der Waals surface area contributed by atoms with Gasteiger partial charge in [0, 0.05) is 3.57 Å². The highest BCUT2D eigenvalue weighted by atomic mass is 127. The number of piperidine rings is 1. The van der Waals surface area contributed by atoms with Crippen LogP contribution in [0.5, 0.6) is 0 Å². The fourth-order valence-electron chi connectivity index (χ4n) is 2.93. The van der Waals surface area contributed by atoms with E-state index < -0.39 is 0 Å². The fraction of sp³-hybridized carbons (Fsp3) is 0.429. The lowest BCUT2D eigenvalue weighted by Gasteiger charge is -2.20. The number of imide groups is 1. The molecule has 0 N–H and O–H groups in total. The number of rotatable bonds is 2. The molecule has 3 rings (SSSR count). The molecule has 0 aromatic heterocycles. The van der Waals surface area contributed by atoms with Crippen LogP contribution in [0.25, 0.3) is 0 Å². The number of carbonyl (C=O) groups excluding carboxylic acids is 2. The SMILES string of the molecule is CC1(C)C2C(=O)N(Cc3ccc(I)cc3)C(=O)C21. The van der Waals surface area contributed by atoms with Crippen LogP contribution in [0.4, 0.5) is 0 Å². The minimum Gasteiger partial charge on any atom is -0.278 e. The molecule has 0 bridgehead atoms. The van der Waals surface area contributed by atoms with Gasteiger partial charge in [0.15, 0.2) is 0 Å². The fourth-order valence-corrected chi connectivity index (χ4v) is 3.29. The normalized spacial score (nSPS) is 28.5. The van der Waals surface area contributed by atoms with Gasteiger partial charge in [-0.15, -0.1) is 0 Å². The van der Waals surface area contributed by atoms with E-state index in [1.165, 1.54) is 4.90 Å². The number of carbonyl (C=O) groups is 2. The number of benzene rings is 1. The number of halogens is 1. The molecule has 1 saturated heterocycles. The summed E-state index contributed by atoms with van der Waals surface area (Å²) < 4.78 is 1.15. The van der Waals surface area contributed by atoms with E-state index in [2.05, 4.69) is 22.6 Å². The first-order valence-electron chi connectivity index (χ1n) is 6.02. The smallest absolute Gasteiger partial charge is 0.233 e. The molecule has 3 nitrogen and oxygen atoms in total. The maximum absolute atomic E-state index is 12.1. The molecule has 1 aliphatic carbocycles. The van der Waals surface area contributed by atoms with Gasteiger partial charge < -0.3 is 0 Å². The van der Waals surface area contributed by atoms with Crippen LogP contribution in [-0.2, 0) is 16.1 Å². The predicted octanol–water partition coefficient (Wildman–Crippen LogP) is 2.43. The van der Waals surface area contributed by atoms with E-state index in [1.54, 1.807) is 0 Å². The lowest BCUT2D eigenvalue weighted by atomic mass is 10.1. The Morgan fingerprint density at radius 1 is 1.11 bits per heavy atom. The first-order chi connectivity index (χ1) is 8.43. The van der Waals surface area contributed by atoms with Crippen molar-refractivity contribution in [2.45, 2.75) is 20.4 Å². The van der Waals surface area contributed by atoms with Crippen LogP contribution in [0.15, 0.2) is 24.3 Å². The number of hydrogen-bond acceptors (Lipinski definition) is 2. The van der Waals surface area contributed by atoms with Gasteiger partial charge in [-0.3, -0.25) is 14.5 Å². The van der Waals surface area contributed by atoms with Crippen LogP contribution in [0.3, 0.4) is 0 Å². The Morgan fingerprint density at radius 3 is 2.11 bits per heavy atom. The summed E-state index contributed by atoms with van der Waals surface area (Å²) in [5.74, 6) is -0.134. The topological polar surface area (TPSA) is 37.4 Å². The second-order valence-electron chi connectivity index (χ2n) is 5.67. The molecule has 2 amide bonds. The third-order valence-corrected chi connectivity index (χ3v) is 4.86. The van der Waals surface area contributed by atoms with Crippen LogP contribution in [-0.4, -0.2) is 16.7 Å². The van der Waals surface area contributed by atoms with Crippen LogP contribution in [0.2, 0.25) is 0 Å². The monoisotopic (exact) mass is 355 g/mol. The number of nitrogens with zero attached hydrogens (tertiary/aromatic N) is 1. The van der Waals surface area contributed by atoms with Gasteiger partial charge >= 0.3 is 0 Å². The van der Waals surface area contributed by atoms with Crippen molar-refractivity contribution in [3.05, 3.63) is 33.4 Å². The van der Waals surface area contributed by atoms with Crippen LogP contribution >= 0.6 is 22.6 Å². The van der Waals surface area contributed by atoms with E-state index in [0.717, 1.165) is 9.13 Å². The third kappa shape index (κ3) is 1.61. The molecule has 2 fully saturated rings. The minimum absolute atomic E-state index is 0.00792. The van der Waals surface area contributed by atoms with Gasteiger partial charge in [0.1, 0.15) is 0 Å². The molecular formula is C14H14INO2. The zero-order valence-corrected chi connectivity index (χ0v) is 12.5. The number of hydrogen-bond donors (Lipinski definition) is 0. The number of amides is 2. The molecule has 2 unspecified atom stereocenters. The van der Waals surface area contributed by atoms with Gasteiger partial charge in [-0.25, -0.2) is 0 Å². The first kappa shape index (κ1) is 12.1. The van der Waals surface area contributed by atoms with Gasteiger partial charge in [-0.2, -0.15) is 0 Å². The van der Waals surface area contributed by atoms with Gasteiger partial charge in [0.05, 0.1) is 18.4 Å². The number of likely N-dealkylation sites (tertiary alicyclic amines) is 1. The average Bonchev–Trinajstić information content (AvgIpc) is 2.79. The summed E-state index contributed by atoms with van der Waals surface area (Å²) >= 11 is 2.24. The van der Waals surface area contributed by atoms with Crippen molar-refractivity contribution in [2.75, 3.05) is 0 Å². The standard InChI is InChI=1S/C14H14INO2/c1-14(2)10-11(14)13(18)16(12(10)17)7-8-3-5-9(15)6-4-8/h3-6,10-11H,7H2,1-2H3. The van der Waals surface area contributed by atoms with Crippen LogP contribution in [0.1, 0.15) is 19.4 Å². The lowest BCUT2D eigenvalue weighted by molar-refractivity contribution is -0.143. The molecule has 0 radical (unpaired) electrons. The molecular weight excluding hydrogens is 341 g/mol. The second kappa shape index (κ2) is 3.79. The Bertz CT molecular complexity index is 511. The highest BCUT2D eigenvalue weighted by Gasteiger charge is 2.72. The summed E-state index contributed by atoms with van der Waals surface area (Å²) in [7, 11) is 0. The Hall–Kier alpha value is -0.910. The average molecular weight is 355 g/mol. The quantitative estimate of drug-likeness (QED) is 0.604. The van der Waals surface area contributed by atoms with Gasteiger partial charge in [-0.1, -0.05) is 26.0 Å². The molecule has 1 aromatic rings. The zero-order valence-electron chi connectivity index (χ0n) is 10.3. The van der Waals surface area contributed by atoms with Crippen molar-refractivity contribution in [3.63, 3.8) is 0 Å². The Labute approximate surface area is 120 Å².